The molecule has 0 radical (unpaired) electrons. The predicted molar refractivity (Wildman–Crippen MR) is 63.0 cm³/mol. The minimum absolute atomic E-state index is 0.240. The van der Waals surface area contributed by atoms with Crippen LogP contribution in [0, 0.1) is 5.92 Å². The molecule has 16 heavy (non-hydrogen) atoms. The molecule has 0 bridgehead atoms. The molecular formula is C12H17N3O. The van der Waals surface area contributed by atoms with Gasteiger partial charge in [-0.05, 0) is 18.1 Å². The Morgan fingerprint density at radius 3 is 3.06 bits per heavy atom. The second-order valence-corrected chi connectivity index (χ2v) is 4.37. The van der Waals surface area contributed by atoms with E-state index in [2.05, 4.69) is 17.2 Å². The Hall–Kier alpha value is -1.58. The van der Waals surface area contributed by atoms with Crippen LogP contribution in [0.3, 0.4) is 0 Å². The maximum Gasteiger partial charge on any atom is 0.223 e. The molecular weight excluding hydrogens is 202 g/mol. The molecule has 86 valence electrons. The number of amides is 1. The smallest absolute Gasteiger partial charge is 0.223 e. The molecule has 1 aliphatic heterocycles. The minimum atomic E-state index is 0.240. The number of rotatable bonds is 3. The van der Waals surface area contributed by atoms with Crippen LogP contribution in [-0.2, 0) is 11.3 Å². The van der Waals surface area contributed by atoms with Gasteiger partial charge in [-0.15, -0.1) is 0 Å². The molecule has 0 saturated carbocycles. The molecule has 2 rings (SSSR count). The van der Waals surface area contributed by atoms with Gasteiger partial charge in [0.05, 0.1) is 12.2 Å². The van der Waals surface area contributed by atoms with Crippen LogP contribution in [0.5, 0.6) is 0 Å². The minimum Gasteiger partial charge on any atom is -0.388 e. The Morgan fingerprint density at radius 1 is 1.62 bits per heavy atom. The Balaban J connectivity index is 2.06. The largest absolute Gasteiger partial charge is 0.388 e. The van der Waals surface area contributed by atoms with Crippen LogP contribution in [0.4, 0.5) is 5.69 Å². The van der Waals surface area contributed by atoms with Crippen LogP contribution < -0.4 is 5.32 Å². The highest BCUT2D eigenvalue weighted by molar-refractivity contribution is 5.78. The summed E-state index contributed by atoms with van der Waals surface area (Å²) in [6.45, 7) is 3.58. The number of likely N-dealkylation sites (tertiary alicyclic amines) is 1. The molecule has 1 atom stereocenters. The van der Waals surface area contributed by atoms with Gasteiger partial charge in [-0.25, -0.2) is 0 Å². The van der Waals surface area contributed by atoms with Crippen molar-refractivity contribution in [2.24, 2.45) is 5.92 Å². The van der Waals surface area contributed by atoms with Crippen LogP contribution in [-0.4, -0.2) is 29.4 Å². The SMILES string of the molecule is CNc1ccnc(CN2CC(C)CC2=O)c1. The molecule has 1 fully saturated rings. The van der Waals surface area contributed by atoms with Gasteiger partial charge in [0.15, 0.2) is 0 Å². The standard InChI is InChI=1S/C12H17N3O/c1-9-5-12(16)15(7-9)8-11-6-10(13-2)3-4-14-11/h3-4,6,9H,5,7-8H2,1-2H3,(H,13,14). The Bertz CT molecular complexity index is 392. The second-order valence-electron chi connectivity index (χ2n) is 4.37. The van der Waals surface area contributed by atoms with Crippen molar-refractivity contribution in [1.29, 1.82) is 0 Å². The Labute approximate surface area is 95.7 Å². The zero-order valence-electron chi connectivity index (χ0n) is 9.73. The van der Waals surface area contributed by atoms with Gasteiger partial charge in [-0.3, -0.25) is 9.78 Å². The van der Waals surface area contributed by atoms with E-state index in [9.17, 15) is 4.79 Å². The topological polar surface area (TPSA) is 45.2 Å². The fraction of sp³-hybridized carbons (Fsp3) is 0.500. The molecule has 0 spiro atoms. The number of anilines is 1. The maximum absolute atomic E-state index is 11.6. The van der Waals surface area contributed by atoms with Crippen molar-refractivity contribution < 1.29 is 4.79 Å². The average molecular weight is 219 g/mol. The lowest BCUT2D eigenvalue weighted by atomic mass is 10.2. The first-order valence-corrected chi connectivity index (χ1v) is 5.59. The number of carbonyl (C=O) groups excluding carboxylic acids is 1. The lowest BCUT2D eigenvalue weighted by Gasteiger charge is -2.15. The number of nitrogens with one attached hydrogen (secondary N) is 1. The molecule has 2 heterocycles. The van der Waals surface area contributed by atoms with Crippen LogP contribution in [0.1, 0.15) is 19.0 Å². The summed E-state index contributed by atoms with van der Waals surface area (Å²) in [7, 11) is 1.88. The van der Waals surface area contributed by atoms with Gasteiger partial charge in [0.25, 0.3) is 0 Å². The monoisotopic (exact) mass is 219 g/mol. The summed E-state index contributed by atoms with van der Waals surface area (Å²) in [6.07, 6.45) is 2.44. The van der Waals surface area contributed by atoms with Crippen LogP contribution in [0.15, 0.2) is 18.3 Å². The zero-order valence-corrected chi connectivity index (χ0v) is 9.73. The van der Waals surface area contributed by atoms with Gasteiger partial charge < -0.3 is 10.2 Å². The number of hydrogen-bond acceptors (Lipinski definition) is 3. The van der Waals surface area contributed by atoms with Crippen molar-refractivity contribution in [3.8, 4) is 0 Å². The normalized spacial score (nSPS) is 20.2. The second kappa shape index (κ2) is 4.51. The van der Waals surface area contributed by atoms with Gasteiger partial charge in [-0.2, -0.15) is 0 Å². The Kier molecular flexibility index (Phi) is 3.08. The van der Waals surface area contributed by atoms with Crippen molar-refractivity contribution in [3.63, 3.8) is 0 Å². The van der Waals surface area contributed by atoms with Gasteiger partial charge in [0, 0.05) is 31.9 Å². The molecule has 0 aliphatic carbocycles. The van der Waals surface area contributed by atoms with Gasteiger partial charge in [-0.1, -0.05) is 6.92 Å². The van der Waals surface area contributed by atoms with Gasteiger partial charge >= 0.3 is 0 Å². The summed E-state index contributed by atoms with van der Waals surface area (Å²) in [5.41, 5.74) is 1.97. The summed E-state index contributed by atoms with van der Waals surface area (Å²) >= 11 is 0. The summed E-state index contributed by atoms with van der Waals surface area (Å²) < 4.78 is 0. The molecule has 1 aliphatic rings. The van der Waals surface area contributed by atoms with Crippen molar-refractivity contribution in [3.05, 3.63) is 24.0 Å². The summed E-state index contributed by atoms with van der Waals surface area (Å²) in [5.74, 6) is 0.712. The zero-order chi connectivity index (χ0) is 11.5. The highest BCUT2D eigenvalue weighted by atomic mass is 16.2. The van der Waals surface area contributed by atoms with Gasteiger partial charge in [0.2, 0.25) is 5.91 Å². The first-order chi connectivity index (χ1) is 7.69. The van der Waals surface area contributed by atoms with E-state index in [0.29, 0.717) is 18.9 Å². The molecule has 1 N–H and O–H groups in total. The molecule has 1 saturated heterocycles. The number of aromatic nitrogens is 1. The lowest BCUT2D eigenvalue weighted by Crippen LogP contribution is -2.24. The molecule has 1 amide bonds. The van der Waals surface area contributed by atoms with Gasteiger partial charge in [0.1, 0.15) is 0 Å². The number of hydrogen-bond donors (Lipinski definition) is 1. The van der Waals surface area contributed by atoms with E-state index in [0.717, 1.165) is 17.9 Å². The number of pyridine rings is 1. The van der Waals surface area contributed by atoms with Crippen LogP contribution >= 0.6 is 0 Å². The lowest BCUT2D eigenvalue weighted by molar-refractivity contribution is -0.128. The van der Waals surface area contributed by atoms with E-state index >= 15 is 0 Å². The third-order valence-electron chi connectivity index (χ3n) is 2.87. The summed E-state index contributed by atoms with van der Waals surface area (Å²) in [5, 5.41) is 3.07. The Morgan fingerprint density at radius 2 is 2.44 bits per heavy atom. The van der Waals surface area contributed by atoms with E-state index in [1.165, 1.54) is 0 Å². The van der Waals surface area contributed by atoms with Crippen molar-refractivity contribution in [2.45, 2.75) is 19.9 Å². The van der Waals surface area contributed by atoms with Crippen LogP contribution in [0.25, 0.3) is 0 Å². The van der Waals surface area contributed by atoms with Crippen molar-refractivity contribution in [2.75, 3.05) is 18.9 Å². The van der Waals surface area contributed by atoms with E-state index < -0.39 is 0 Å². The molecule has 4 nitrogen and oxygen atoms in total. The molecule has 1 aromatic rings. The van der Waals surface area contributed by atoms with Crippen molar-refractivity contribution >= 4 is 11.6 Å². The molecule has 1 unspecified atom stereocenters. The number of carbonyl (C=O) groups is 1. The maximum atomic E-state index is 11.6. The average Bonchev–Trinajstić information content (AvgIpc) is 2.58. The van der Waals surface area contributed by atoms with Crippen LogP contribution in [0.2, 0.25) is 0 Å². The third kappa shape index (κ3) is 2.32. The highest BCUT2D eigenvalue weighted by Crippen LogP contribution is 2.19. The molecule has 1 aromatic heterocycles. The third-order valence-corrected chi connectivity index (χ3v) is 2.87. The summed E-state index contributed by atoms with van der Waals surface area (Å²) in [4.78, 5) is 17.8. The van der Waals surface area contributed by atoms with Crippen molar-refractivity contribution in [1.82, 2.24) is 9.88 Å². The molecule has 0 aromatic carbocycles. The van der Waals surface area contributed by atoms with E-state index in [-0.39, 0.29) is 5.91 Å². The molecule has 4 heteroatoms. The van der Waals surface area contributed by atoms with E-state index in [4.69, 9.17) is 0 Å². The first kappa shape index (κ1) is 10.9. The quantitative estimate of drug-likeness (QED) is 0.837. The number of nitrogens with zero attached hydrogens (tertiary/aromatic N) is 2. The summed E-state index contributed by atoms with van der Waals surface area (Å²) in [6, 6.07) is 3.90. The highest BCUT2D eigenvalue weighted by Gasteiger charge is 2.26. The van der Waals surface area contributed by atoms with E-state index in [1.54, 1.807) is 6.20 Å². The predicted octanol–water partition coefficient (Wildman–Crippen LogP) is 1.49. The first-order valence-electron chi connectivity index (χ1n) is 5.59. The fourth-order valence-electron chi connectivity index (χ4n) is 2.04. The van der Waals surface area contributed by atoms with E-state index in [1.807, 2.05) is 24.1 Å². The fourth-order valence-corrected chi connectivity index (χ4v) is 2.04.